The number of halogens is 1. The smallest absolute Gasteiger partial charge is 0.249 e. The van der Waals surface area contributed by atoms with Gasteiger partial charge in [0.1, 0.15) is 5.82 Å². The van der Waals surface area contributed by atoms with E-state index in [0.717, 1.165) is 40.2 Å². The van der Waals surface area contributed by atoms with Crippen LogP contribution < -0.4 is 5.73 Å². The Labute approximate surface area is 169 Å². The molecule has 0 atom stereocenters. The number of primary amides is 1. The summed E-state index contributed by atoms with van der Waals surface area (Å²) in [7, 11) is 0. The van der Waals surface area contributed by atoms with E-state index in [-0.39, 0.29) is 5.82 Å². The average molecular weight is 388 g/mol. The van der Waals surface area contributed by atoms with Crippen molar-refractivity contribution in [2.75, 3.05) is 0 Å². The van der Waals surface area contributed by atoms with Crippen LogP contribution in [0, 0.1) is 5.82 Å². The van der Waals surface area contributed by atoms with Gasteiger partial charge in [-0.25, -0.2) is 4.39 Å². The number of hydrogen-bond donors (Lipinski definition) is 1. The molecule has 0 aliphatic carbocycles. The predicted octanol–water partition coefficient (Wildman–Crippen LogP) is 5.81. The lowest BCUT2D eigenvalue weighted by atomic mass is 10.0. The van der Waals surface area contributed by atoms with Crippen LogP contribution in [0.4, 0.5) is 4.39 Å². The Morgan fingerprint density at radius 2 is 1.72 bits per heavy atom. The van der Waals surface area contributed by atoms with E-state index in [4.69, 9.17) is 5.73 Å². The van der Waals surface area contributed by atoms with Crippen LogP contribution in [0.1, 0.15) is 47.7 Å². The number of unbranched alkanes of at least 4 members (excludes halogenated alkanes) is 2. The van der Waals surface area contributed by atoms with Crippen LogP contribution in [-0.4, -0.2) is 10.5 Å². The van der Waals surface area contributed by atoms with Crippen LogP contribution in [0.5, 0.6) is 0 Å². The molecule has 0 unspecified atom stereocenters. The molecule has 0 radical (unpaired) electrons. The largest absolute Gasteiger partial charge is 0.366 e. The fourth-order valence-corrected chi connectivity index (χ4v) is 4.07. The van der Waals surface area contributed by atoms with Gasteiger partial charge in [-0.2, -0.15) is 0 Å². The Bertz CT molecular complexity index is 1180. The summed E-state index contributed by atoms with van der Waals surface area (Å²) in [6.07, 6.45) is 4.59. The lowest BCUT2D eigenvalue weighted by Gasteiger charge is -2.09. The number of fused-ring (bicyclic) bond motifs is 3. The zero-order valence-electron chi connectivity index (χ0n) is 16.6. The first-order valence-corrected chi connectivity index (χ1v) is 10.2. The molecule has 29 heavy (non-hydrogen) atoms. The molecule has 1 aromatic heterocycles. The van der Waals surface area contributed by atoms with E-state index in [1.807, 2.05) is 12.1 Å². The summed E-state index contributed by atoms with van der Waals surface area (Å²) in [4.78, 5) is 12.1. The molecule has 4 rings (SSSR count). The number of nitrogens with two attached hydrogens (primary N) is 1. The Hall–Kier alpha value is -3.14. The molecular formula is C25H25FN2O. The lowest BCUT2D eigenvalue weighted by molar-refractivity contribution is 0.100. The molecule has 0 aliphatic rings. The number of aryl methyl sites for hydroxylation is 1. The van der Waals surface area contributed by atoms with Gasteiger partial charge in [0.05, 0.1) is 5.52 Å². The van der Waals surface area contributed by atoms with Gasteiger partial charge in [0.2, 0.25) is 5.91 Å². The van der Waals surface area contributed by atoms with Crippen molar-refractivity contribution >= 4 is 27.7 Å². The number of aromatic nitrogens is 1. The monoisotopic (exact) mass is 388 g/mol. The number of amides is 1. The number of carbonyl (C=O) groups is 1. The van der Waals surface area contributed by atoms with Crippen LogP contribution in [-0.2, 0) is 13.0 Å². The fourth-order valence-electron chi connectivity index (χ4n) is 4.07. The second kappa shape index (κ2) is 8.08. The standard InChI is InChI=1S/C25H25FN2O/c1-2-3-4-6-17-11-14-20-23(15-17)28(16-18-9-12-19(26)13-10-18)22-8-5-7-21(24(20)22)25(27)29/h5,7-15H,2-4,6,16H2,1H3,(H2,27,29). The van der Waals surface area contributed by atoms with Gasteiger partial charge in [0.25, 0.3) is 0 Å². The minimum atomic E-state index is -0.427. The van der Waals surface area contributed by atoms with Gasteiger partial charge in [-0.3, -0.25) is 4.79 Å². The second-order valence-corrected chi connectivity index (χ2v) is 7.59. The van der Waals surface area contributed by atoms with Gasteiger partial charge in [-0.05, 0) is 54.3 Å². The molecule has 1 amide bonds. The maximum Gasteiger partial charge on any atom is 0.249 e. The Kier molecular flexibility index (Phi) is 5.34. The molecule has 0 fully saturated rings. The van der Waals surface area contributed by atoms with Crippen molar-refractivity contribution in [3.05, 3.63) is 83.2 Å². The van der Waals surface area contributed by atoms with Crippen molar-refractivity contribution in [1.82, 2.24) is 4.57 Å². The zero-order valence-corrected chi connectivity index (χ0v) is 16.6. The van der Waals surface area contributed by atoms with E-state index in [0.29, 0.717) is 12.1 Å². The molecule has 148 valence electrons. The molecule has 0 spiro atoms. The first kappa shape index (κ1) is 19.2. The minimum Gasteiger partial charge on any atom is -0.366 e. The summed E-state index contributed by atoms with van der Waals surface area (Å²) >= 11 is 0. The highest BCUT2D eigenvalue weighted by molar-refractivity contribution is 6.17. The number of rotatable bonds is 7. The number of benzene rings is 3. The molecule has 4 heteroatoms. The van der Waals surface area contributed by atoms with Crippen LogP contribution in [0.3, 0.4) is 0 Å². The molecule has 3 aromatic carbocycles. The van der Waals surface area contributed by atoms with Crippen molar-refractivity contribution in [1.29, 1.82) is 0 Å². The van der Waals surface area contributed by atoms with E-state index >= 15 is 0 Å². The van der Waals surface area contributed by atoms with Crippen molar-refractivity contribution in [2.45, 2.75) is 39.2 Å². The molecule has 0 aliphatic heterocycles. The average Bonchev–Trinajstić information content (AvgIpc) is 3.03. The van der Waals surface area contributed by atoms with Crippen LogP contribution in [0.15, 0.2) is 60.7 Å². The van der Waals surface area contributed by atoms with Crippen LogP contribution in [0.25, 0.3) is 21.8 Å². The van der Waals surface area contributed by atoms with Crippen molar-refractivity contribution in [3.63, 3.8) is 0 Å². The Morgan fingerprint density at radius 3 is 2.45 bits per heavy atom. The predicted molar refractivity (Wildman–Crippen MR) is 117 cm³/mol. The first-order valence-electron chi connectivity index (χ1n) is 10.2. The highest BCUT2D eigenvalue weighted by atomic mass is 19.1. The number of carbonyl (C=O) groups excluding carboxylic acids is 1. The lowest BCUT2D eigenvalue weighted by Crippen LogP contribution is -2.11. The van der Waals surface area contributed by atoms with Crippen LogP contribution in [0.2, 0.25) is 0 Å². The third-order valence-electron chi connectivity index (χ3n) is 5.54. The van der Waals surface area contributed by atoms with E-state index < -0.39 is 5.91 Å². The third kappa shape index (κ3) is 3.75. The summed E-state index contributed by atoms with van der Waals surface area (Å²) < 4.78 is 15.6. The third-order valence-corrected chi connectivity index (χ3v) is 5.54. The van der Waals surface area contributed by atoms with E-state index in [1.54, 1.807) is 18.2 Å². The molecule has 0 saturated carbocycles. The van der Waals surface area contributed by atoms with Crippen molar-refractivity contribution < 1.29 is 9.18 Å². The van der Waals surface area contributed by atoms with Crippen molar-refractivity contribution in [2.24, 2.45) is 5.73 Å². The quantitative estimate of drug-likeness (QED) is 0.399. The normalized spacial score (nSPS) is 11.4. The molecule has 0 bridgehead atoms. The number of hydrogen-bond acceptors (Lipinski definition) is 1. The van der Waals surface area contributed by atoms with Crippen molar-refractivity contribution in [3.8, 4) is 0 Å². The summed E-state index contributed by atoms with van der Waals surface area (Å²) in [5.41, 5.74) is 10.5. The maximum atomic E-state index is 13.4. The Morgan fingerprint density at radius 1 is 0.966 bits per heavy atom. The minimum absolute atomic E-state index is 0.245. The zero-order chi connectivity index (χ0) is 20.4. The van der Waals surface area contributed by atoms with Gasteiger partial charge in [0, 0.05) is 28.4 Å². The van der Waals surface area contributed by atoms with Gasteiger partial charge < -0.3 is 10.3 Å². The molecular weight excluding hydrogens is 363 g/mol. The summed E-state index contributed by atoms with van der Waals surface area (Å²) in [6.45, 7) is 2.80. The topological polar surface area (TPSA) is 48.0 Å². The van der Waals surface area contributed by atoms with E-state index in [2.05, 4.69) is 29.7 Å². The highest BCUT2D eigenvalue weighted by Gasteiger charge is 2.17. The number of nitrogens with zero attached hydrogens (tertiary/aromatic N) is 1. The first-order chi connectivity index (χ1) is 14.1. The molecule has 0 saturated heterocycles. The van der Waals surface area contributed by atoms with E-state index in [9.17, 15) is 9.18 Å². The summed E-state index contributed by atoms with van der Waals surface area (Å²) in [5.74, 6) is -0.673. The maximum absolute atomic E-state index is 13.4. The SMILES string of the molecule is CCCCCc1ccc2c3c(C(N)=O)cccc3n(Cc3ccc(F)cc3)c2c1. The van der Waals surface area contributed by atoms with E-state index in [1.165, 1.54) is 30.5 Å². The van der Waals surface area contributed by atoms with Gasteiger partial charge in [0.15, 0.2) is 0 Å². The summed E-state index contributed by atoms with van der Waals surface area (Å²) in [6, 6.07) is 18.7. The van der Waals surface area contributed by atoms with Gasteiger partial charge in [-0.1, -0.05) is 50.1 Å². The Balaban J connectivity index is 1.91. The second-order valence-electron chi connectivity index (χ2n) is 7.59. The summed E-state index contributed by atoms with van der Waals surface area (Å²) in [5, 5.41) is 1.91. The van der Waals surface area contributed by atoms with Gasteiger partial charge in [-0.15, -0.1) is 0 Å². The highest BCUT2D eigenvalue weighted by Crippen LogP contribution is 2.33. The molecule has 1 heterocycles. The van der Waals surface area contributed by atoms with Crippen LogP contribution >= 0.6 is 0 Å². The molecule has 3 nitrogen and oxygen atoms in total. The molecule has 2 N–H and O–H groups in total. The van der Waals surface area contributed by atoms with Gasteiger partial charge >= 0.3 is 0 Å². The molecule has 4 aromatic rings. The fraction of sp³-hybridized carbons (Fsp3) is 0.240.